The van der Waals surface area contributed by atoms with Crippen LogP contribution < -0.4 is 0 Å². The summed E-state index contributed by atoms with van der Waals surface area (Å²) < 4.78 is 38.2. The molecule has 2 nitrogen and oxygen atoms in total. The lowest BCUT2D eigenvalue weighted by atomic mass is 9.95. The van der Waals surface area contributed by atoms with Crippen LogP contribution in [-0.2, 0) is 12.6 Å². The average molecular weight is 345 g/mol. The minimum Gasteiger partial charge on any atom is -0.263 e. The zero-order chi connectivity index (χ0) is 14.8. The topological polar surface area (TPSA) is 25.8 Å². The van der Waals surface area contributed by atoms with Gasteiger partial charge in [0.1, 0.15) is 5.69 Å². The van der Waals surface area contributed by atoms with E-state index in [1.165, 1.54) is 12.3 Å². The van der Waals surface area contributed by atoms with E-state index in [1.807, 2.05) is 13.0 Å². The fourth-order valence-corrected chi connectivity index (χ4v) is 2.32. The monoisotopic (exact) mass is 344 g/mol. The minimum atomic E-state index is -4.39. The van der Waals surface area contributed by atoms with Crippen LogP contribution in [0.3, 0.4) is 0 Å². The van der Waals surface area contributed by atoms with Gasteiger partial charge in [0.05, 0.1) is 0 Å². The van der Waals surface area contributed by atoms with Gasteiger partial charge in [0.25, 0.3) is 0 Å². The van der Waals surface area contributed by atoms with Gasteiger partial charge in [-0.2, -0.15) is 13.2 Å². The van der Waals surface area contributed by atoms with Gasteiger partial charge in [0, 0.05) is 23.1 Å². The summed E-state index contributed by atoms with van der Waals surface area (Å²) >= 11 is 3.34. The first kappa shape index (κ1) is 15.0. The van der Waals surface area contributed by atoms with Gasteiger partial charge >= 0.3 is 6.18 Å². The second kappa shape index (κ2) is 5.91. The Morgan fingerprint density at radius 2 is 1.95 bits per heavy atom. The van der Waals surface area contributed by atoms with Crippen molar-refractivity contribution in [3.05, 3.63) is 58.1 Å². The number of alkyl halides is 3. The summed E-state index contributed by atoms with van der Waals surface area (Å²) in [5.41, 5.74) is 0.933. The van der Waals surface area contributed by atoms with Crippen LogP contribution in [0.4, 0.5) is 13.2 Å². The third-order valence-electron chi connectivity index (χ3n) is 2.95. The van der Waals surface area contributed by atoms with Gasteiger partial charge in [-0.3, -0.25) is 9.97 Å². The summed E-state index contributed by atoms with van der Waals surface area (Å²) in [5.74, 6) is 0.0703. The van der Waals surface area contributed by atoms with E-state index in [2.05, 4.69) is 25.9 Å². The van der Waals surface area contributed by atoms with Crippen molar-refractivity contribution in [2.75, 3.05) is 0 Å². The van der Waals surface area contributed by atoms with E-state index >= 15 is 0 Å². The molecule has 2 aromatic rings. The predicted molar refractivity (Wildman–Crippen MR) is 73.3 cm³/mol. The van der Waals surface area contributed by atoms with E-state index in [9.17, 15) is 13.2 Å². The van der Waals surface area contributed by atoms with Crippen LogP contribution in [0.5, 0.6) is 0 Å². The highest BCUT2D eigenvalue weighted by atomic mass is 79.9. The zero-order valence-electron chi connectivity index (χ0n) is 10.7. The van der Waals surface area contributed by atoms with Crippen molar-refractivity contribution in [1.29, 1.82) is 0 Å². The lowest BCUT2D eigenvalue weighted by Gasteiger charge is -2.13. The quantitative estimate of drug-likeness (QED) is 0.812. The Kier molecular flexibility index (Phi) is 4.42. The largest absolute Gasteiger partial charge is 0.433 e. The fourth-order valence-electron chi connectivity index (χ4n) is 1.90. The summed E-state index contributed by atoms with van der Waals surface area (Å²) in [6, 6.07) is 4.44. The van der Waals surface area contributed by atoms with Crippen LogP contribution in [0.15, 0.2) is 41.3 Å². The van der Waals surface area contributed by atoms with Gasteiger partial charge in [-0.1, -0.05) is 13.0 Å². The normalized spacial score (nSPS) is 13.2. The molecule has 0 spiro atoms. The number of rotatable bonds is 3. The zero-order valence-corrected chi connectivity index (χ0v) is 12.2. The molecule has 2 heterocycles. The highest BCUT2D eigenvalue weighted by Gasteiger charge is 2.32. The predicted octanol–water partition coefficient (Wildman–Crippen LogP) is 4.60. The van der Waals surface area contributed by atoms with E-state index in [0.717, 1.165) is 21.7 Å². The standard InChI is InChI=1S/C14H12BrF3N2/c1-9(4-10-5-12(15)8-19-6-10)11-2-3-13(20-7-11)14(16,17)18/h2-3,5-9H,4H2,1H3. The molecule has 106 valence electrons. The molecule has 0 radical (unpaired) electrons. The molecule has 0 aliphatic heterocycles. The van der Waals surface area contributed by atoms with Crippen LogP contribution in [0.25, 0.3) is 0 Å². The molecule has 20 heavy (non-hydrogen) atoms. The second-order valence-electron chi connectivity index (χ2n) is 4.59. The van der Waals surface area contributed by atoms with Crippen molar-refractivity contribution >= 4 is 15.9 Å². The first-order valence-electron chi connectivity index (χ1n) is 5.99. The molecule has 0 fully saturated rings. The Morgan fingerprint density at radius 1 is 1.20 bits per heavy atom. The Morgan fingerprint density at radius 3 is 2.50 bits per heavy atom. The number of halogens is 4. The molecule has 1 unspecified atom stereocenters. The highest BCUT2D eigenvalue weighted by Crippen LogP contribution is 2.28. The lowest BCUT2D eigenvalue weighted by molar-refractivity contribution is -0.141. The van der Waals surface area contributed by atoms with E-state index < -0.39 is 11.9 Å². The molecule has 0 N–H and O–H groups in total. The Labute approximate surface area is 123 Å². The molecule has 0 aliphatic rings. The molecule has 0 amide bonds. The smallest absolute Gasteiger partial charge is 0.263 e. The Bertz CT molecular complexity index is 582. The van der Waals surface area contributed by atoms with Crippen molar-refractivity contribution in [2.45, 2.75) is 25.4 Å². The first-order valence-corrected chi connectivity index (χ1v) is 6.78. The summed E-state index contributed by atoms with van der Waals surface area (Å²) in [6.07, 6.45) is 1.03. The van der Waals surface area contributed by atoms with Gasteiger partial charge in [0.15, 0.2) is 0 Å². The molecule has 1 atom stereocenters. The maximum Gasteiger partial charge on any atom is 0.433 e. The Balaban J connectivity index is 2.11. The molecular weight excluding hydrogens is 333 g/mol. The van der Waals surface area contributed by atoms with Crippen LogP contribution >= 0.6 is 15.9 Å². The van der Waals surface area contributed by atoms with Gasteiger partial charge < -0.3 is 0 Å². The molecule has 0 aliphatic carbocycles. The number of hydrogen-bond donors (Lipinski definition) is 0. The third-order valence-corrected chi connectivity index (χ3v) is 3.38. The van der Waals surface area contributed by atoms with Gasteiger partial charge in [-0.05, 0) is 51.5 Å². The van der Waals surface area contributed by atoms with E-state index in [-0.39, 0.29) is 5.92 Å². The lowest BCUT2D eigenvalue weighted by Crippen LogP contribution is -2.08. The van der Waals surface area contributed by atoms with E-state index in [4.69, 9.17) is 0 Å². The van der Waals surface area contributed by atoms with Gasteiger partial charge in [0.2, 0.25) is 0 Å². The van der Waals surface area contributed by atoms with E-state index in [1.54, 1.807) is 12.4 Å². The molecular formula is C14H12BrF3N2. The molecule has 0 saturated heterocycles. The molecule has 2 rings (SSSR count). The van der Waals surface area contributed by atoms with Gasteiger partial charge in [-0.25, -0.2) is 0 Å². The SMILES string of the molecule is CC(Cc1cncc(Br)c1)c1ccc(C(F)(F)F)nc1. The number of hydrogen-bond acceptors (Lipinski definition) is 2. The van der Waals surface area contributed by atoms with Crippen LogP contribution in [0.1, 0.15) is 29.7 Å². The summed E-state index contributed by atoms with van der Waals surface area (Å²) in [4.78, 5) is 7.55. The maximum absolute atomic E-state index is 12.4. The van der Waals surface area contributed by atoms with Crippen molar-refractivity contribution in [1.82, 2.24) is 9.97 Å². The van der Waals surface area contributed by atoms with Crippen LogP contribution in [-0.4, -0.2) is 9.97 Å². The number of aromatic nitrogens is 2. The molecule has 6 heteroatoms. The highest BCUT2D eigenvalue weighted by molar-refractivity contribution is 9.10. The third kappa shape index (κ3) is 3.79. The molecule has 2 aromatic heterocycles. The van der Waals surface area contributed by atoms with Crippen LogP contribution in [0.2, 0.25) is 0 Å². The van der Waals surface area contributed by atoms with Crippen LogP contribution in [0, 0.1) is 0 Å². The summed E-state index contributed by atoms with van der Waals surface area (Å²) in [5, 5.41) is 0. The molecule has 0 bridgehead atoms. The second-order valence-corrected chi connectivity index (χ2v) is 5.51. The number of nitrogens with zero attached hydrogens (tertiary/aromatic N) is 2. The van der Waals surface area contributed by atoms with Crippen molar-refractivity contribution in [2.24, 2.45) is 0 Å². The Hall–Kier alpha value is -1.43. The minimum absolute atomic E-state index is 0.0703. The van der Waals surface area contributed by atoms with Crippen molar-refractivity contribution in [3.63, 3.8) is 0 Å². The maximum atomic E-state index is 12.4. The summed E-state index contributed by atoms with van der Waals surface area (Å²) in [6.45, 7) is 1.95. The number of pyridine rings is 2. The average Bonchev–Trinajstić information content (AvgIpc) is 2.38. The fraction of sp³-hybridized carbons (Fsp3) is 0.286. The molecule has 0 saturated carbocycles. The first-order chi connectivity index (χ1) is 9.36. The molecule has 0 aromatic carbocycles. The van der Waals surface area contributed by atoms with Gasteiger partial charge in [-0.15, -0.1) is 0 Å². The van der Waals surface area contributed by atoms with E-state index in [0.29, 0.717) is 6.42 Å². The van der Waals surface area contributed by atoms with Crippen molar-refractivity contribution < 1.29 is 13.2 Å². The summed E-state index contributed by atoms with van der Waals surface area (Å²) in [7, 11) is 0. The van der Waals surface area contributed by atoms with Crippen molar-refractivity contribution in [3.8, 4) is 0 Å².